The summed E-state index contributed by atoms with van der Waals surface area (Å²) in [7, 11) is 0. The van der Waals surface area contributed by atoms with Crippen LogP contribution in [0.3, 0.4) is 0 Å². The predicted molar refractivity (Wildman–Crippen MR) is 90.1 cm³/mol. The number of aromatic nitrogens is 4. The number of rotatable bonds is 3. The lowest BCUT2D eigenvalue weighted by Crippen LogP contribution is -2.19. The second-order valence-corrected chi connectivity index (χ2v) is 5.74. The van der Waals surface area contributed by atoms with Crippen LogP contribution in [0.25, 0.3) is 17.2 Å². The number of hydrogen-bond donors (Lipinski definition) is 2. The van der Waals surface area contributed by atoms with Crippen LogP contribution in [-0.2, 0) is 0 Å². The molecule has 3 rings (SSSR count). The van der Waals surface area contributed by atoms with Crippen LogP contribution in [0.15, 0.2) is 29.1 Å². The standard InChI is InChI=1S/C17H16FN5O2/c1-8-6-14(13-7-11(18)4-5-12(13)15(19)24)23(22-8)17-20-10(3)9(2)16(25)21-17/h4-7H,1-3H3,(H2,19,24)(H,20,21,25). The molecule has 0 atom stereocenters. The summed E-state index contributed by atoms with van der Waals surface area (Å²) in [6, 6.07) is 5.34. The number of benzene rings is 1. The van der Waals surface area contributed by atoms with Gasteiger partial charge in [0.15, 0.2) is 0 Å². The van der Waals surface area contributed by atoms with Crippen LogP contribution in [0.5, 0.6) is 0 Å². The van der Waals surface area contributed by atoms with Gasteiger partial charge in [-0.2, -0.15) is 9.78 Å². The highest BCUT2D eigenvalue weighted by Gasteiger charge is 2.18. The Balaban J connectivity index is 2.30. The second-order valence-electron chi connectivity index (χ2n) is 5.74. The van der Waals surface area contributed by atoms with Crippen molar-refractivity contribution in [2.45, 2.75) is 20.8 Å². The first-order valence-corrected chi connectivity index (χ1v) is 7.52. The summed E-state index contributed by atoms with van der Waals surface area (Å²) < 4.78 is 15.1. The zero-order valence-electron chi connectivity index (χ0n) is 13.9. The molecule has 0 aliphatic rings. The van der Waals surface area contributed by atoms with Crippen LogP contribution < -0.4 is 11.3 Å². The van der Waals surface area contributed by atoms with Crippen LogP contribution in [0.1, 0.15) is 27.3 Å². The van der Waals surface area contributed by atoms with Gasteiger partial charge in [-0.1, -0.05) is 0 Å². The van der Waals surface area contributed by atoms with Gasteiger partial charge in [0.25, 0.3) is 5.56 Å². The van der Waals surface area contributed by atoms with Gasteiger partial charge in [-0.05, 0) is 45.0 Å². The zero-order valence-corrected chi connectivity index (χ0v) is 13.9. The van der Waals surface area contributed by atoms with Crippen LogP contribution >= 0.6 is 0 Å². The second kappa shape index (κ2) is 5.97. The summed E-state index contributed by atoms with van der Waals surface area (Å²) in [4.78, 5) is 30.7. The van der Waals surface area contributed by atoms with Crippen molar-refractivity contribution in [3.05, 3.63) is 63.0 Å². The molecule has 0 saturated heterocycles. The van der Waals surface area contributed by atoms with Crippen molar-refractivity contribution in [1.29, 1.82) is 0 Å². The molecule has 0 aliphatic carbocycles. The van der Waals surface area contributed by atoms with Gasteiger partial charge in [-0.3, -0.25) is 14.6 Å². The molecule has 25 heavy (non-hydrogen) atoms. The lowest BCUT2D eigenvalue weighted by atomic mass is 10.0. The lowest BCUT2D eigenvalue weighted by Gasteiger charge is -2.10. The highest BCUT2D eigenvalue weighted by atomic mass is 19.1. The summed E-state index contributed by atoms with van der Waals surface area (Å²) >= 11 is 0. The Morgan fingerprint density at radius 3 is 2.60 bits per heavy atom. The van der Waals surface area contributed by atoms with Crippen molar-refractivity contribution in [3.8, 4) is 17.2 Å². The maximum atomic E-state index is 13.8. The van der Waals surface area contributed by atoms with Gasteiger partial charge in [0, 0.05) is 22.4 Å². The molecule has 0 saturated carbocycles. The third kappa shape index (κ3) is 2.93. The van der Waals surface area contributed by atoms with Crippen LogP contribution in [0, 0.1) is 26.6 Å². The number of carbonyl (C=O) groups excluding carboxylic acids is 1. The number of H-pyrrole nitrogens is 1. The number of aryl methyl sites for hydroxylation is 2. The molecule has 0 bridgehead atoms. The number of carbonyl (C=O) groups is 1. The first kappa shape index (κ1) is 16.6. The lowest BCUT2D eigenvalue weighted by molar-refractivity contribution is 0.100. The van der Waals surface area contributed by atoms with E-state index in [9.17, 15) is 14.0 Å². The van der Waals surface area contributed by atoms with Crippen molar-refractivity contribution in [1.82, 2.24) is 19.7 Å². The molecule has 2 heterocycles. The van der Waals surface area contributed by atoms with E-state index in [0.717, 1.165) is 6.07 Å². The third-order valence-corrected chi connectivity index (χ3v) is 3.94. The molecule has 0 spiro atoms. The minimum absolute atomic E-state index is 0.147. The Kier molecular flexibility index (Phi) is 3.96. The van der Waals surface area contributed by atoms with Crippen LogP contribution in [0.4, 0.5) is 4.39 Å². The third-order valence-electron chi connectivity index (χ3n) is 3.94. The smallest absolute Gasteiger partial charge is 0.255 e. The molecular weight excluding hydrogens is 325 g/mol. The molecule has 128 valence electrons. The van der Waals surface area contributed by atoms with Crippen molar-refractivity contribution >= 4 is 5.91 Å². The average Bonchev–Trinajstić information content (AvgIpc) is 2.93. The molecule has 7 nitrogen and oxygen atoms in total. The Labute approximate surface area is 142 Å². The van der Waals surface area contributed by atoms with Crippen molar-refractivity contribution in [2.75, 3.05) is 0 Å². The molecule has 8 heteroatoms. The molecule has 0 aliphatic heterocycles. The van der Waals surface area contributed by atoms with Gasteiger partial charge in [-0.15, -0.1) is 0 Å². The monoisotopic (exact) mass is 341 g/mol. The van der Waals surface area contributed by atoms with Gasteiger partial charge in [0.05, 0.1) is 11.4 Å². The highest BCUT2D eigenvalue weighted by molar-refractivity contribution is 5.99. The summed E-state index contributed by atoms with van der Waals surface area (Å²) in [5.74, 6) is -1.04. The molecule has 0 unspecified atom stereocenters. The predicted octanol–water partition coefficient (Wildman–Crippen LogP) is 1.79. The molecule has 0 radical (unpaired) electrons. The van der Waals surface area contributed by atoms with Gasteiger partial charge in [0.1, 0.15) is 5.82 Å². The minimum Gasteiger partial charge on any atom is -0.366 e. The number of aromatic amines is 1. The van der Waals surface area contributed by atoms with E-state index in [1.165, 1.54) is 16.8 Å². The number of amides is 1. The highest BCUT2D eigenvalue weighted by Crippen LogP contribution is 2.27. The number of primary amides is 1. The molecule has 2 aromatic heterocycles. The van der Waals surface area contributed by atoms with Crippen LogP contribution in [-0.4, -0.2) is 25.7 Å². The van der Waals surface area contributed by atoms with Gasteiger partial charge < -0.3 is 5.73 Å². The van der Waals surface area contributed by atoms with E-state index in [4.69, 9.17) is 5.73 Å². The molecule has 1 aromatic carbocycles. The number of nitrogens with two attached hydrogens (primary N) is 1. The normalized spacial score (nSPS) is 10.9. The molecule has 3 aromatic rings. The first-order valence-electron chi connectivity index (χ1n) is 7.52. The van der Waals surface area contributed by atoms with E-state index < -0.39 is 11.7 Å². The SMILES string of the molecule is Cc1cc(-c2cc(F)ccc2C(N)=O)n(-c2nc(C)c(C)c(=O)[nH]2)n1. The van der Waals surface area contributed by atoms with Crippen LogP contribution in [0.2, 0.25) is 0 Å². The minimum atomic E-state index is -0.693. The number of hydrogen-bond acceptors (Lipinski definition) is 4. The summed E-state index contributed by atoms with van der Waals surface area (Å²) in [5.41, 5.74) is 7.58. The fourth-order valence-electron chi connectivity index (χ4n) is 2.53. The van der Waals surface area contributed by atoms with E-state index >= 15 is 0 Å². The first-order chi connectivity index (χ1) is 11.8. The Bertz CT molecular complexity index is 1050. The van der Waals surface area contributed by atoms with Crippen molar-refractivity contribution in [2.24, 2.45) is 5.73 Å². The largest absolute Gasteiger partial charge is 0.366 e. The fourth-order valence-corrected chi connectivity index (χ4v) is 2.53. The maximum Gasteiger partial charge on any atom is 0.255 e. The van der Waals surface area contributed by atoms with Gasteiger partial charge in [0.2, 0.25) is 11.9 Å². The average molecular weight is 341 g/mol. The Morgan fingerprint density at radius 1 is 1.24 bits per heavy atom. The summed E-state index contributed by atoms with van der Waals surface area (Å²) in [6.07, 6.45) is 0. The number of halogens is 1. The van der Waals surface area contributed by atoms with Crippen molar-refractivity contribution in [3.63, 3.8) is 0 Å². The Hall–Kier alpha value is -3.29. The van der Waals surface area contributed by atoms with Gasteiger partial charge >= 0.3 is 0 Å². The topological polar surface area (TPSA) is 107 Å². The fraction of sp³-hybridized carbons (Fsp3) is 0.176. The number of nitrogens with one attached hydrogen (secondary N) is 1. The van der Waals surface area contributed by atoms with E-state index in [-0.39, 0.29) is 22.6 Å². The Morgan fingerprint density at radius 2 is 1.96 bits per heavy atom. The number of nitrogens with zero attached hydrogens (tertiary/aromatic N) is 3. The van der Waals surface area contributed by atoms with Crippen molar-refractivity contribution < 1.29 is 9.18 Å². The molecule has 3 N–H and O–H groups in total. The zero-order chi connectivity index (χ0) is 18.3. The van der Waals surface area contributed by atoms with E-state index in [1.807, 2.05) is 0 Å². The molecule has 0 fully saturated rings. The quantitative estimate of drug-likeness (QED) is 0.757. The van der Waals surface area contributed by atoms with Gasteiger partial charge in [-0.25, -0.2) is 9.37 Å². The maximum absolute atomic E-state index is 13.8. The van der Waals surface area contributed by atoms with E-state index in [1.54, 1.807) is 26.8 Å². The summed E-state index contributed by atoms with van der Waals surface area (Å²) in [5, 5.41) is 4.31. The molecular formula is C17H16FN5O2. The van der Waals surface area contributed by atoms with E-state index in [2.05, 4.69) is 15.1 Å². The van der Waals surface area contributed by atoms with E-state index in [0.29, 0.717) is 22.6 Å². The molecule has 1 amide bonds. The summed E-state index contributed by atoms with van der Waals surface area (Å²) in [6.45, 7) is 5.11.